The van der Waals surface area contributed by atoms with Gasteiger partial charge < -0.3 is 9.47 Å². The van der Waals surface area contributed by atoms with Crippen molar-refractivity contribution in [1.82, 2.24) is 5.43 Å². The Kier molecular flexibility index (Phi) is 7.11. The summed E-state index contributed by atoms with van der Waals surface area (Å²) >= 11 is 0. The second-order valence-corrected chi connectivity index (χ2v) is 8.62. The quantitative estimate of drug-likeness (QED) is 0.417. The van der Waals surface area contributed by atoms with Gasteiger partial charge in [-0.15, -0.1) is 0 Å². The van der Waals surface area contributed by atoms with Gasteiger partial charge in [0.1, 0.15) is 0 Å². The molecule has 8 nitrogen and oxygen atoms in total. The average molecular weight is 454 g/mol. The lowest BCUT2D eigenvalue weighted by Crippen LogP contribution is -2.26. The fourth-order valence-corrected chi connectivity index (χ4v) is 4.09. The lowest BCUT2D eigenvalue weighted by molar-refractivity contribution is 0.0955. The molecule has 0 saturated carbocycles. The molecule has 32 heavy (non-hydrogen) atoms. The number of anilines is 1. The number of nitrogens with one attached hydrogen (secondary N) is 1. The van der Waals surface area contributed by atoms with Gasteiger partial charge in [-0.05, 0) is 60.2 Å². The minimum Gasteiger partial charge on any atom is -0.493 e. The van der Waals surface area contributed by atoms with Crippen LogP contribution in [0, 0.1) is 0 Å². The van der Waals surface area contributed by atoms with Crippen molar-refractivity contribution in [1.29, 1.82) is 0 Å². The number of sulfonamides is 1. The minimum absolute atomic E-state index is 0.189. The van der Waals surface area contributed by atoms with Crippen molar-refractivity contribution in [2.75, 3.05) is 25.6 Å². The standard InChI is InChI=1S/C23H23N3O5S/c1-26(32(28,29)20-7-5-4-6-8-20)19-12-10-18(11-13-19)23(27)25-24-16-17-9-14-21(30-2)22(15-17)31-3/h4-16H,1-3H3,(H,25,27)/b24-16-. The van der Waals surface area contributed by atoms with Gasteiger partial charge >= 0.3 is 0 Å². The summed E-state index contributed by atoms with van der Waals surface area (Å²) in [4.78, 5) is 12.5. The zero-order valence-corrected chi connectivity index (χ0v) is 18.7. The Balaban J connectivity index is 1.67. The van der Waals surface area contributed by atoms with Crippen LogP contribution in [0.25, 0.3) is 0 Å². The fourth-order valence-electron chi connectivity index (χ4n) is 2.88. The lowest BCUT2D eigenvalue weighted by Gasteiger charge is -2.19. The van der Waals surface area contributed by atoms with Crippen LogP contribution < -0.4 is 19.2 Å². The minimum atomic E-state index is -3.69. The highest BCUT2D eigenvalue weighted by Crippen LogP contribution is 2.27. The third kappa shape index (κ3) is 5.06. The predicted molar refractivity (Wildman–Crippen MR) is 123 cm³/mol. The van der Waals surface area contributed by atoms with Crippen LogP contribution in [0.3, 0.4) is 0 Å². The van der Waals surface area contributed by atoms with Crippen LogP contribution in [0.15, 0.2) is 82.8 Å². The number of rotatable bonds is 8. The van der Waals surface area contributed by atoms with E-state index in [1.165, 1.54) is 48.9 Å². The number of methoxy groups -OCH3 is 2. The molecule has 0 bridgehead atoms. The van der Waals surface area contributed by atoms with Gasteiger partial charge in [0, 0.05) is 12.6 Å². The molecular formula is C23H23N3O5S. The van der Waals surface area contributed by atoms with E-state index in [1.807, 2.05) is 0 Å². The molecule has 0 heterocycles. The van der Waals surface area contributed by atoms with Crippen LogP contribution in [-0.4, -0.2) is 41.8 Å². The molecule has 0 unspecified atom stereocenters. The Morgan fingerprint density at radius 2 is 1.59 bits per heavy atom. The summed E-state index contributed by atoms with van der Waals surface area (Å²) < 4.78 is 37.0. The number of carbonyl (C=O) groups excluding carboxylic acids is 1. The van der Waals surface area contributed by atoms with E-state index in [0.717, 1.165) is 0 Å². The Morgan fingerprint density at radius 1 is 0.938 bits per heavy atom. The number of benzene rings is 3. The SMILES string of the molecule is COc1ccc(/C=N\NC(=O)c2ccc(N(C)S(=O)(=O)c3ccccc3)cc2)cc1OC. The third-order valence-corrected chi connectivity index (χ3v) is 6.48. The number of hydrazone groups is 1. The second-order valence-electron chi connectivity index (χ2n) is 6.65. The molecule has 166 valence electrons. The molecule has 1 N–H and O–H groups in total. The van der Waals surface area contributed by atoms with E-state index in [0.29, 0.717) is 28.3 Å². The van der Waals surface area contributed by atoms with Crippen LogP contribution in [0.5, 0.6) is 11.5 Å². The molecule has 1 amide bonds. The van der Waals surface area contributed by atoms with Crippen LogP contribution in [0.1, 0.15) is 15.9 Å². The number of nitrogens with zero attached hydrogens (tertiary/aromatic N) is 2. The number of amides is 1. The van der Waals surface area contributed by atoms with Crippen molar-refractivity contribution in [3.63, 3.8) is 0 Å². The smallest absolute Gasteiger partial charge is 0.271 e. The van der Waals surface area contributed by atoms with Gasteiger partial charge in [-0.3, -0.25) is 9.10 Å². The van der Waals surface area contributed by atoms with Crippen LogP contribution in [0.2, 0.25) is 0 Å². The van der Waals surface area contributed by atoms with Gasteiger partial charge in [0.15, 0.2) is 11.5 Å². The molecule has 0 aliphatic carbocycles. The molecule has 0 atom stereocenters. The molecule has 3 aromatic rings. The highest BCUT2D eigenvalue weighted by molar-refractivity contribution is 7.92. The van der Waals surface area contributed by atoms with E-state index >= 15 is 0 Å². The van der Waals surface area contributed by atoms with Crippen molar-refractivity contribution < 1.29 is 22.7 Å². The first kappa shape index (κ1) is 22.8. The maximum absolute atomic E-state index is 12.7. The molecule has 0 aromatic heterocycles. The zero-order valence-electron chi connectivity index (χ0n) is 17.8. The number of ether oxygens (including phenoxy) is 2. The summed E-state index contributed by atoms with van der Waals surface area (Å²) in [6.07, 6.45) is 1.48. The molecule has 3 aromatic carbocycles. The Bertz CT molecular complexity index is 1210. The van der Waals surface area contributed by atoms with Crippen LogP contribution >= 0.6 is 0 Å². The van der Waals surface area contributed by atoms with Crippen molar-refractivity contribution in [3.05, 3.63) is 83.9 Å². The van der Waals surface area contributed by atoms with Crippen molar-refractivity contribution in [2.24, 2.45) is 5.10 Å². The molecule has 0 aliphatic rings. The third-order valence-electron chi connectivity index (χ3n) is 4.68. The van der Waals surface area contributed by atoms with Crippen LogP contribution in [-0.2, 0) is 10.0 Å². The summed E-state index contributed by atoms with van der Waals surface area (Å²) in [6.45, 7) is 0. The van der Waals surface area contributed by atoms with Gasteiger partial charge in [-0.1, -0.05) is 18.2 Å². The molecule has 9 heteroatoms. The van der Waals surface area contributed by atoms with E-state index in [2.05, 4.69) is 10.5 Å². The summed E-state index contributed by atoms with van der Waals surface area (Å²) in [7, 11) is 0.854. The average Bonchev–Trinajstić information content (AvgIpc) is 2.84. The van der Waals surface area contributed by atoms with Crippen molar-refractivity contribution >= 4 is 27.8 Å². The summed E-state index contributed by atoms with van der Waals surface area (Å²) in [5.74, 6) is 0.711. The Hall–Kier alpha value is -3.85. The van der Waals surface area contributed by atoms with E-state index < -0.39 is 15.9 Å². The first-order chi connectivity index (χ1) is 15.4. The van der Waals surface area contributed by atoms with Crippen molar-refractivity contribution in [2.45, 2.75) is 4.90 Å². The van der Waals surface area contributed by atoms with Gasteiger partial charge in [0.2, 0.25) is 0 Å². The maximum Gasteiger partial charge on any atom is 0.271 e. The lowest BCUT2D eigenvalue weighted by atomic mass is 10.2. The predicted octanol–water partition coefficient (Wildman–Crippen LogP) is 3.29. The van der Waals surface area contributed by atoms with Crippen molar-refractivity contribution in [3.8, 4) is 11.5 Å². The van der Waals surface area contributed by atoms with E-state index in [4.69, 9.17) is 9.47 Å². The molecule has 0 aliphatic heterocycles. The monoisotopic (exact) mass is 453 g/mol. The van der Waals surface area contributed by atoms with Gasteiger partial charge in [-0.2, -0.15) is 5.10 Å². The Morgan fingerprint density at radius 3 is 2.22 bits per heavy atom. The summed E-state index contributed by atoms with van der Waals surface area (Å²) in [5.41, 5.74) is 3.93. The molecule has 0 saturated heterocycles. The highest BCUT2D eigenvalue weighted by Gasteiger charge is 2.21. The first-order valence-electron chi connectivity index (χ1n) is 9.56. The molecule has 0 spiro atoms. The summed E-state index contributed by atoms with van der Waals surface area (Å²) in [6, 6.07) is 19.6. The largest absolute Gasteiger partial charge is 0.493 e. The van der Waals surface area contributed by atoms with Gasteiger partial charge in [0.05, 0.1) is 31.0 Å². The maximum atomic E-state index is 12.7. The normalized spacial score (nSPS) is 11.2. The zero-order chi connectivity index (χ0) is 23.1. The molecule has 3 rings (SSSR count). The Labute approximate surface area is 187 Å². The number of hydrogen-bond acceptors (Lipinski definition) is 6. The molecule has 0 fully saturated rings. The first-order valence-corrected chi connectivity index (χ1v) is 11.0. The van der Waals surface area contributed by atoms with E-state index in [1.54, 1.807) is 55.6 Å². The van der Waals surface area contributed by atoms with E-state index in [9.17, 15) is 13.2 Å². The number of carbonyl (C=O) groups is 1. The van der Waals surface area contributed by atoms with Gasteiger partial charge in [0.25, 0.3) is 15.9 Å². The highest BCUT2D eigenvalue weighted by atomic mass is 32.2. The molecule has 0 radical (unpaired) electrons. The second kappa shape index (κ2) is 9.97. The van der Waals surface area contributed by atoms with Gasteiger partial charge in [-0.25, -0.2) is 13.8 Å². The fraction of sp³-hybridized carbons (Fsp3) is 0.130. The van der Waals surface area contributed by atoms with E-state index in [-0.39, 0.29) is 4.90 Å². The van der Waals surface area contributed by atoms with Crippen LogP contribution in [0.4, 0.5) is 5.69 Å². The topological polar surface area (TPSA) is 97.3 Å². The summed E-state index contributed by atoms with van der Waals surface area (Å²) in [5, 5.41) is 3.96. The molecular weight excluding hydrogens is 430 g/mol. The number of hydrogen-bond donors (Lipinski definition) is 1.